The Labute approximate surface area is 90.7 Å². The van der Waals surface area contributed by atoms with E-state index in [0.717, 1.165) is 6.42 Å². The molecule has 0 spiro atoms. The maximum Gasteiger partial charge on any atom is 0.0870 e. The molecule has 13 heavy (non-hydrogen) atoms. The van der Waals surface area contributed by atoms with Gasteiger partial charge in [0.2, 0.25) is 0 Å². The second-order valence-electron chi connectivity index (χ2n) is 2.71. The van der Waals surface area contributed by atoms with Gasteiger partial charge in [-0.2, -0.15) is 0 Å². The van der Waals surface area contributed by atoms with Crippen molar-refractivity contribution in [3.8, 4) is 0 Å². The fourth-order valence-corrected chi connectivity index (χ4v) is 1.77. The molecule has 2 nitrogen and oxygen atoms in total. The Bertz CT molecular complexity index is 213. The number of ether oxygens (including phenoxy) is 1. The number of rotatable bonds is 6. The molecule has 0 aliphatic carbocycles. The zero-order valence-electron chi connectivity index (χ0n) is 7.28. The first kappa shape index (κ1) is 11.2. The molecular formula is C9H13BrO2S. The summed E-state index contributed by atoms with van der Waals surface area (Å²) in [5, 5.41) is 11.8. The molecule has 1 heterocycles. The number of aliphatic hydroxyl groups is 1. The number of alkyl halides is 1. The minimum Gasteiger partial charge on any atom is -0.390 e. The molecule has 0 saturated heterocycles. The van der Waals surface area contributed by atoms with Crippen LogP contribution in [0.4, 0.5) is 0 Å². The monoisotopic (exact) mass is 264 g/mol. The number of halogens is 1. The Balaban J connectivity index is 2.02. The van der Waals surface area contributed by atoms with Gasteiger partial charge in [0.25, 0.3) is 0 Å². The quantitative estimate of drug-likeness (QED) is 0.630. The summed E-state index contributed by atoms with van der Waals surface area (Å²) < 4.78 is 5.29. The van der Waals surface area contributed by atoms with Gasteiger partial charge in [-0.1, -0.05) is 22.0 Å². The summed E-state index contributed by atoms with van der Waals surface area (Å²) in [4.78, 5) is 1.33. The van der Waals surface area contributed by atoms with Gasteiger partial charge < -0.3 is 9.84 Å². The van der Waals surface area contributed by atoms with E-state index in [0.29, 0.717) is 18.5 Å². The summed E-state index contributed by atoms with van der Waals surface area (Å²) in [7, 11) is 0. The molecule has 4 heteroatoms. The highest BCUT2D eigenvalue weighted by Crippen LogP contribution is 2.08. The van der Waals surface area contributed by atoms with Crippen LogP contribution in [0.15, 0.2) is 17.5 Å². The summed E-state index contributed by atoms with van der Waals surface area (Å²) in [5.41, 5.74) is 0. The molecule has 0 saturated carbocycles. The van der Waals surface area contributed by atoms with E-state index < -0.39 is 0 Å². The Morgan fingerprint density at radius 1 is 1.62 bits per heavy atom. The Morgan fingerprint density at radius 3 is 3.08 bits per heavy atom. The molecule has 0 amide bonds. The van der Waals surface area contributed by atoms with Crippen LogP contribution >= 0.6 is 27.3 Å². The summed E-state index contributed by atoms with van der Waals surface area (Å²) in [6, 6.07) is 4.13. The highest BCUT2D eigenvalue weighted by Gasteiger charge is 2.01. The van der Waals surface area contributed by atoms with Gasteiger partial charge in [-0.05, 0) is 11.4 Å². The van der Waals surface area contributed by atoms with E-state index in [9.17, 15) is 0 Å². The lowest BCUT2D eigenvalue weighted by Gasteiger charge is -2.06. The Morgan fingerprint density at radius 2 is 2.46 bits per heavy atom. The molecule has 0 aromatic carbocycles. The predicted octanol–water partition coefficient (Wildman–Crippen LogP) is 2.06. The molecule has 1 aromatic heterocycles. The van der Waals surface area contributed by atoms with Gasteiger partial charge in [-0.25, -0.2) is 0 Å². The van der Waals surface area contributed by atoms with E-state index in [1.165, 1.54) is 4.88 Å². The van der Waals surface area contributed by atoms with Gasteiger partial charge in [-0.3, -0.25) is 0 Å². The zero-order valence-corrected chi connectivity index (χ0v) is 9.68. The first-order valence-electron chi connectivity index (χ1n) is 4.17. The van der Waals surface area contributed by atoms with Crippen molar-refractivity contribution in [3.63, 3.8) is 0 Å². The second-order valence-corrected chi connectivity index (χ2v) is 4.39. The fourth-order valence-electron chi connectivity index (χ4n) is 0.892. The van der Waals surface area contributed by atoms with Crippen LogP contribution in [0.25, 0.3) is 0 Å². The molecule has 74 valence electrons. The van der Waals surface area contributed by atoms with Crippen LogP contribution in [0.3, 0.4) is 0 Å². The van der Waals surface area contributed by atoms with Crippen molar-refractivity contribution in [2.24, 2.45) is 0 Å². The molecule has 1 atom stereocenters. The standard InChI is InChI=1S/C9H13BrO2S/c10-6-8(11)7-12-4-3-9-2-1-5-13-9/h1-2,5,8,11H,3-4,6-7H2. The van der Waals surface area contributed by atoms with E-state index in [2.05, 4.69) is 27.4 Å². The average molecular weight is 265 g/mol. The lowest BCUT2D eigenvalue weighted by Crippen LogP contribution is -2.17. The van der Waals surface area contributed by atoms with Gasteiger partial charge >= 0.3 is 0 Å². The van der Waals surface area contributed by atoms with Crippen LogP contribution in [-0.2, 0) is 11.2 Å². The van der Waals surface area contributed by atoms with E-state index in [1.54, 1.807) is 11.3 Å². The summed E-state index contributed by atoms with van der Waals surface area (Å²) in [5.74, 6) is 0. The minimum atomic E-state index is -0.386. The third-order valence-corrected chi connectivity index (χ3v) is 3.24. The van der Waals surface area contributed by atoms with E-state index in [1.807, 2.05) is 6.07 Å². The van der Waals surface area contributed by atoms with Gasteiger partial charge in [0.05, 0.1) is 19.3 Å². The van der Waals surface area contributed by atoms with Crippen molar-refractivity contribution in [2.45, 2.75) is 12.5 Å². The highest BCUT2D eigenvalue weighted by atomic mass is 79.9. The van der Waals surface area contributed by atoms with E-state index in [4.69, 9.17) is 9.84 Å². The Hall–Kier alpha value is 0.100. The smallest absolute Gasteiger partial charge is 0.0870 e. The van der Waals surface area contributed by atoms with Crippen LogP contribution < -0.4 is 0 Å². The molecule has 0 fully saturated rings. The largest absolute Gasteiger partial charge is 0.390 e. The molecule has 0 bridgehead atoms. The van der Waals surface area contributed by atoms with Gasteiger partial charge in [-0.15, -0.1) is 11.3 Å². The van der Waals surface area contributed by atoms with Crippen molar-refractivity contribution >= 4 is 27.3 Å². The summed E-state index contributed by atoms with van der Waals surface area (Å²) >= 11 is 4.91. The van der Waals surface area contributed by atoms with Gasteiger partial charge in [0.1, 0.15) is 0 Å². The normalized spacial score (nSPS) is 13.1. The number of thiophene rings is 1. The molecule has 0 aliphatic rings. The van der Waals surface area contributed by atoms with Crippen molar-refractivity contribution in [2.75, 3.05) is 18.5 Å². The van der Waals surface area contributed by atoms with Crippen LogP contribution in [0.5, 0.6) is 0 Å². The number of hydrogen-bond donors (Lipinski definition) is 1. The van der Waals surface area contributed by atoms with Crippen LogP contribution in [0.2, 0.25) is 0 Å². The van der Waals surface area contributed by atoms with E-state index >= 15 is 0 Å². The lowest BCUT2D eigenvalue weighted by molar-refractivity contribution is 0.0508. The molecule has 1 N–H and O–H groups in total. The molecule has 0 radical (unpaired) electrons. The van der Waals surface area contributed by atoms with Gasteiger partial charge in [0.15, 0.2) is 0 Å². The first-order chi connectivity index (χ1) is 6.33. The van der Waals surface area contributed by atoms with Crippen LogP contribution in [-0.4, -0.2) is 29.8 Å². The van der Waals surface area contributed by atoms with Gasteiger partial charge in [0, 0.05) is 16.6 Å². The molecule has 1 aromatic rings. The zero-order chi connectivity index (χ0) is 9.52. The second kappa shape index (κ2) is 6.54. The lowest BCUT2D eigenvalue weighted by atomic mass is 10.3. The van der Waals surface area contributed by atoms with Crippen LogP contribution in [0.1, 0.15) is 4.88 Å². The number of hydrogen-bond acceptors (Lipinski definition) is 3. The summed E-state index contributed by atoms with van der Waals surface area (Å²) in [6.45, 7) is 1.10. The molecule has 0 aliphatic heterocycles. The summed E-state index contributed by atoms with van der Waals surface area (Å²) in [6.07, 6.45) is 0.551. The van der Waals surface area contributed by atoms with Crippen molar-refractivity contribution in [1.29, 1.82) is 0 Å². The van der Waals surface area contributed by atoms with Crippen LogP contribution in [0, 0.1) is 0 Å². The van der Waals surface area contributed by atoms with Crippen molar-refractivity contribution < 1.29 is 9.84 Å². The SMILES string of the molecule is OC(CBr)COCCc1cccs1. The van der Waals surface area contributed by atoms with Crippen molar-refractivity contribution in [1.82, 2.24) is 0 Å². The van der Waals surface area contributed by atoms with Crippen molar-refractivity contribution in [3.05, 3.63) is 22.4 Å². The first-order valence-corrected chi connectivity index (χ1v) is 6.17. The Kier molecular flexibility index (Phi) is 5.62. The third kappa shape index (κ3) is 4.76. The number of aliphatic hydroxyl groups excluding tert-OH is 1. The molecular weight excluding hydrogens is 252 g/mol. The average Bonchev–Trinajstić information content (AvgIpc) is 2.64. The fraction of sp³-hybridized carbons (Fsp3) is 0.556. The highest BCUT2D eigenvalue weighted by molar-refractivity contribution is 9.09. The maximum atomic E-state index is 9.15. The molecule has 1 unspecified atom stereocenters. The third-order valence-electron chi connectivity index (χ3n) is 1.56. The van der Waals surface area contributed by atoms with E-state index in [-0.39, 0.29) is 6.10 Å². The topological polar surface area (TPSA) is 29.5 Å². The minimum absolute atomic E-state index is 0.386. The molecule has 1 rings (SSSR count). The maximum absolute atomic E-state index is 9.15. The predicted molar refractivity (Wildman–Crippen MR) is 58.6 cm³/mol.